The molecule has 0 atom stereocenters. The van der Waals surface area contributed by atoms with E-state index in [1.165, 1.54) is 39.0 Å². The van der Waals surface area contributed by atoms with Gasteiger partial charge in [0.1, 0.15) is 5.82 Å². The molecular weight excluding hydrogens is 651 g/mol. The minimum absolute atomic E-state index is 0.0136. The number of ether oxygens (including phenoxy) is 4. The molecule has 0 heterocycles. The molecule has 4 aromatic rings. The summed E-state index contributed by atoms with van der Waals surface area (Å²) in [4.78, 5) is 48.8. The van der Waals surface area contributed by atoms with E-state index in [0.717, 1.165) is 5.56 Å². The fourth-order valence-corrected chi connectivity index (χ4v) is 4.34. The van der Waals surface area contributed by atoms with Crippen molar-refractivity contribution in [1.29, 1.82) is 0 Å². The van der Waals surface area contributed by atoms with Crippen molar-refractivity contribution in [3.8, 4) is 45.3 Å². The molecule has 260 valence electrons. The fourth-order valence-electron chi connectivity index (χ4n) is 4.34. The van der Waals surface area contributed by atoms with Crippen molar-refractivity contribution in [2.24, 2.45) is 5.92 Å². The summed E-state index contributed by atoms with van der Waals surface area (Å²) in [5.41, 5.74) is 4.15. The summed E-state index contributed by atoms with van der Waals surface area (Å²) in [6.07, 6.45) is 3.39. The topological polar surface area (TPSA) is 105 Å². The quantitative estimate of drug-likeness (QED) is 0.0628. The first-order valence-corrected chi connectivity index (χ1v) is 15.8. The summed E-state index contributed by atoms with van der Waals surface area (Å²) in [6, 6.07) is 21.5. The van der Waals surface area contributed by atoms with Crippen molar-refractivity contribution in [2.75, 3.05) is 0 Å². The van der Waals surface area contributed by atoms with Crippen molar-refractivity contribution < 1.29 is 42.5 Å². The lowest BCUT2D eigenvalue weighted by Gasteiger charge is -2.14. The van der Waals surface area contributed by atoms with Crippen molar-refractivity contribution in [3.63, 3.8) is 0 Å². The van der Waals surface area contributed by atoms with Crippen LogP contribution < -0.4 is 18.9 Å². The second-order valence-corrected chi connectivity index (χ2v) is 12.1. The summed E-state index contributed by atoms with van der Waals surface area (Å²) in [5.74, 6) is -3.14. The van der Waals surface area contributed by atoms with Crippen LogP contribution in [-0.2, 0) is 19.2 Å². The second kappa shape index (κ2) is 16.4. The van der Waals surface area contributed by atoms with Crippen LogP contribution in [0.1, 0.15) is 45.7 Å². The van der Waals surface area contributed by atoms with Crippen molar-refractivity contribution in [1.82, 2.24) is 0 Å². The molecule has 0 aliphatic rings. The van der Waals surface area contributed by atoms with Gasteiger partial charge < -0.3 is 18.9 Å². The van der Waals surface area contributed by atoms with Crippen LogP contribution in [0.15, 0.2) is 115 Å². The van der Waals surface area contributed by atoms with Crippen LogP contribution >= 0.6 is 0 Å². The molecule has 0 saturated carbocycles. The third kappa shape index (κ3) is 9.86. The Hall–Kier alpha value is -6.35. The number of carbonyl (C=O) groups excluding carboxylic acids is 4. The third-order valence-corrected chi connectivity index (χ3v) is 7.24. The average molecular weight is 689 g/mol. The number of esters is 4. The molecule has 51 heavy (non-hydrogen) atoms. The van der Waals surface area contributed by atoms with Gasteiger partial charge in [0.15, 0.2) is 23.0 Å². The predicted molar refractivity (Wildman–Crippen MR) is 194 cm³/mol. The molecule has 8 nitrogen and oxygen atoms in total. The maximum atomic E-state index is 15.4. The number of rotatable bonds is 12. The van der Waals surface area contributed by atoms with Gasteiger partial charge in [-0.25, -0.2) is 18.8 Å². The van der Waals surface area contributed by atoms with Crippen LogP contribution in [0.2, 0.25) is 0 Å². The van der Waals surface area contributed by atoms with E-state index in [2.05, 4.69) is 19.7 Å². The Labute approximate surface area is 296 Å². The highest BCUT2D eigenvalue weighted by Gasteiger charge is 2.19. The average Bonchev–Trinajstić information content (AvgIpc) is 3.08. The van der Waals surface area contributed by atoms with Gasteiger partial charge in [-0.3, -0.25) is 4.79 Å². The lowest BCUT2D eigenvalue weighted by Crippen LogP contribution is -2.16. The highest BCUT2D eigenvalue weighted by molar-refractivity contribution is 5.92. The Morgan fingerprint density at radius 1 is 0.549 bits per heavy atom. The van der Waals surface area contributed by atoms with E-state index in [4.69, 9.17) is 18.9 Å². The smallest absolute Gasteiger partial charge is 0.338 e. The molecule has 0 radical (unpaired) electrons. The summed E-state index contributed by atoms with van der Waals surface area (Å²) >= 11 is 0. The zero-order chi connectivity index (χ0) is 37.4. The monoisotopic (exact) mass is 688 g/mol. The molecule has 4 rings (SSSR count). The largest absolute Gasteiger partial charge is 0.422 e. The standard InChI is InChI=1S/C42H37FO8/c1-24(2)39(44)48-35-19-12-29(22-37(35)50-41(46)26(5)6)10-9-28-11-18-33(34(43)21-28)31-15-13-30(14-16-31)32-17-20-36(49-40(45)25(3)4)38(23-32)51-42(47)27(7)8/h9-23,27H,1,3,5H2,2,4,6-8H3/b10-9+. The van der Waals surface area contributed by atoms with Gasteiger partial charge in [-0.05, 0) is 78.9 Å². The molecule has 0 aliphatic carbocycles. The molecule has 0 bridgehead atoms. The van der Waals surface area contributed by atoms with E-state index in [1.54, 1.807) is 86.7 Å². The molecule has 0 aliphatic heterocycles. The third-order valence-electron chi connectivity index (χ3n) is 7.24. The van der Waals surface area contributed by atoms with E-state index in [0.29, 0.717) is 27.8 Å². The number of hydrogen-bond donors (Lipinski definition) is 0. The molecule has 0 fully saturated rings. The van der Waals surface area contributed by atoms with E-state index in [9.17, 15) is 19.2 Å². The molecule has 0 saturated heterocycles. The van der Waals surface area contributed by atoms with Crippen LogP contribution in [0, 0.1) is 11.7 Å². The molecule has 0 unspecified atom stereocenters. The summed E-state index contributed by atoms with van der Waals surface area (Å²) in [5, 5.41) is 0. The van der Waals surface area contributed by atoms with Crippen molar-refractivity contribution >= 4 is 36.0 Å². The number of carbonyl (C=O) groups is 4. The Bertz CT molecular complexity index is 2090. The lowest BCUT2D eigenvalue weighted by atomic mass is 9.98. The summed E-state index contributed by atoms with van der Waals surface area (Å²) in [6.45, 7) is 18.6. The van der Waals surface area contributed by atoms with Crippen LogP contribution in [0.5, 0.6) is 23.0 Å². The molecular formula is C42H37FO8. The molecule has 0 N–H and O–H groups in total. The van der Waals surface area contributed by atoms with E-state index in [1.807, 2.05) is 0 Å². The van der Waals surface area contributed by atoms with Crippen molar-refractivity contribution in [3.05, 3.63) is 132 Å². The van der Waals surface area contributed by atoms with Crippen LogP contribution in [-0.4, -0.2) is 23.9 Å². The number of benzene rings is 4. The van der Waals surface area contributed by atoms with Gasteiger partial charge in [0.05, 0.1) is 5.92 Å². The lowest BCUT2D eigenvalue weighted by molar-refractivity contribution is -0.138. The normalized spacial score (nSPS) is 10.8. The molecule has 0 spiro atoms. The first-order valence-electron chi connectivity index (χ1n) is 15.8. The van der Waals surface area contributed by atoms with E-state index < -0.39 is 35.6 Å². The van der Waals surface area contributed by atoms with Crippen LogP contribution in [0.3, 0.4) is 0 Å². The van der Waals surface area contributed by atoms with Crippen molar-refractivity contribution in [2.45, 2.75) is 34.6 Å². The Kier molecular flexibility index (Phi) is 12.0. The van der Waals surface area contributed by atoms with Gasteiger partial charge in [0, 0.05) is 22.3 Å². The molecule has 0 amide bonds. The van der Waals surface area contributed by atoms with Gasteiger partial charge in [-0.15, -0.1) is 0 Å². The number of hydrogen-bond acceptors (Lipinski definition) is 8. The first kappa shape index (κ1) is 37.5. The molecule has 0 aromatic heterocycles. The Balaban J connectivity index is 1.55. The summed E-state index contributed by atoms with van der Waals surface area (Å²) < 4.78 is 37.0. The Morgan fingerprint density at radius 3 is 1.49 bits per heavy atom. The van der Waals surface area contributed by atoms with Gasteiger partial charge in [-0.1, -0.05) is 94.3 Å². The maximum Gasteiger partial charge on any atom is 0.338 e. The second-order valence-electron chi connectivity index (χ2n) is 12.1. The summed E-state index contributed by atoms with van der Waals surface area (Å²) in [7, 11) is 0. The molecule has 9 heteroatoms. The van der Waals surface area contributed by atoms with E-state index in [-0.39, 0.29) is 39.7 Å². The van der Waals surface area contributed by atoms with Gasteiger partial charge in [0.2, 0.25) is 0 Å². The van der Waals surface area contributed by atoms with E-state index >= 15 is 4.39 Å². The minimum Gasteiger partial charge on any atom is -0.422 e. The first-order chi connectivity index (χ1) is 24.1. The highest BCUT2D eigenvalue weighted by Crippen LogP contribution is 2.35. The Morgan fingerprint density at radius 2 is 0.980 bits per heavy atom. The maximum absolute atomic E-state index is 15.4. The number of halogens is 1. The predicted octanol–water partition coefficient (Wildman–Crippen LogP) is 9.34. The van der Waals surface area contributed by atoms with Gasteiger partial charge >= 0.3 is 23.9 Å². The highest BCUT2D eigenvalue weighted by atomic mass is 19.1. The van der Waals surface area contributed by atoms with Gasteiger partial charge in [-0.2, -0.15) is 0 Å². The minimum atomic E-state index is -0.689. The van der Waals surface area contributed by atoms with Gasteiger partial charge in [0.25, 0.3) is 0 Å². The zero-order valence-corrected chi connectivity index (χ0v) is 29.0. The SMILES string of the molecule is C=C(C)C(=O)Oc1ccc(/C=C/c2ccc(-c3ccc(-c4ccc(OC(=O)C(=C)C)c(OC(=O)C(C)C)c4)cc3)c(F)c2)cc1OC(=O)C(=C)C. The molecule has 4 aromatic carbocycles. The fraction of sp³-hybridized carbons (Fsp3) is 0.143. The zero-order valence-electron chi connectivity index (χ0n) is 29.0. The van der Waals surface area contributed by atoms with Crippen LogP contribution in [0.4, 0.5) is 4.39 Å². The van der Waals surface area contributed by atoms with Crippen LogP contribution in [0.25, 0.3) is 34.4 Å².